The van der Waals surface area contributed by atoms with Crippen LogP contribution >= 0.6 is 0 Å². The molecule has 18 heavy (non-hydrogen) atoms. The number of imidazole rings is 2. The fraction of sp³-hybridized carbons (Fsp3) is 0.143. The smallest absolute Gasteiger partial charge is 0.243 e. The molecular weight excluding hydrogens is 224 g/mol. The molecule has 0 amide bonds. The van der Waals surface area contributed by atoms with Gasteiger partial charge in [0.2, 0.25) is 6.33 Å². The minimum Gasteiger partial charge on any atom is -0.338 e. The predicted octanol–water partition coefficient (Wildman–Crippen LogP) is 1.90. The molecule has 3 aromatic rings. The molecule has 90 valence electrons. The number of nitrogens with one attached hydrogen (secondary N) is 1. The van der Waals surface area contributed by atoms with Crippen LogP contribution in [0.2, 0.25) is 0 Å². The summed E-state index contributed by atoms with van der Waals surface area (Å²) < 4.78 is 4.09. The Labute approximate surface area is 105 Å². The highest BCUT2D eigenvalue weighted by Gasteiger charge is 2.04. The second kappa shape index (κ2) is 4.14. The first kappa shape index (κ1) is 10.8. The molecule has 0 unspecified atom stereocenters. The van der Waals surface area contributed by atoms with Crippen molar-refractivity contribution in [2.24, 2.45) is 14.1 Å². The first-order valence-electron chi connectivity index (χ1n) is 5.87. The summed E-state index contributed by atoms with van der Waals surface area (Å²) in [5, 5.41) is 0. The number of rotatable bonds is 2. The average Bonchev–Trinajstić information content (AvgIpc) is 2.89. The van der Waals surface area contributed by atoms with Crippen molar-refractivity contribution in [2.45, 2.75) is 0 Å². The van der Waals surface area contributed by atoms with E-state index in [0.29, 0.717) is 0 Å². The topological polar surface area (TPSA) is 37.5 Å². The van der Waals surface area contributed by atoms with Gasteiger partial charge in [0.1, 0.15) is 12.0 Å². The van der Waals surface area contributed by atoms with E-state index in [2.05, 4.69) is 26.8 Å². The Morgan fingerprint density at radius 2 is 2.11 bits per heavy atom. The Morgan fingerprint density at radius 3 is 2.83 bits per heavy atom. The summed E-state index contributed by atoms with van der Waals surface area (Å²) in [7, 11) is 4.04. The van der Waals surface area contributed by atoms with Gasteiger partial charge in [0, 0.05) is 0 Å². The molecule has 1 N–H and O–H groups in total. The van der Waals surface area contributed by atoms with Crippen LogP contribution in [0.4, 0.5) is 0 Å². The molecule has 0 bridgehead atoms. The van der Waals surface area contributed by atoms with E-state index in [-0.39, 0.29) is 0 Å². The Bertz CT molecular complexity index is 685. The number of H-pyrrole nitrogens is 1. The zero-order chi connectivity index (χ0) is 12.5. The summed E-state index contributed by atoms with van der Waals surface area (Å²) in [5.74, 6) is 0.875. The van der Waals surface area contributed by atoms with Crippen LogP contribution in [0.3, 0.4) is 0 Å². The maximum Gasteiger partial charge on any atom is 0.243 e. The van der Waals surface area contributed by atoms with Crippen LogP contribution in [0.5, 0.6) is 0 Å². The number of para-hydroxylation sites is 2. The van der Waals surface area contributed by atoms with Crippen molar-refractivity contribution < 1.29 is 4.57 Å². The Hall–Kier alpha value is -2.36. The van der Waals surface area contributed by atoms with Crippen LogP contribution in [-0.2, 0) is 14.1 Å². The second-order valence-corrected chi connectivity index (χ2v) is 4.42. The van der Waals surface area contributed by atoms with Crippen LogP contribution in [-0.4, -0.2) is 14.5 Å². The first-order valence-corrected chi connectivity index (χ1v) is 5.87. The van der Waals surface area contributed by atoms with Gasteiger partial charge in [-0.1, -0.05) is 12.1 Å². The van der Waals surface area contributed by atoms with E-state index in [1.165, 1.54) is 0 Å². The quantitative estimate of drug-likeness (QED) is 0.681. The largest absolute Gasteiger partial charge is 0.338 e. The van der Waals surface area contributed by atoms with Gasteiger partial charge in [0.25, 0.3) is 0 Å². The zero-order valence-electron chi connectivity index (χ0n) is 10.5. The highest BCUT2D eigenvalue weighted by molar-refractivity contribution is 5.78. The minimum absolute atomic E-state index is 0.875. The van der Waals surface area contributed by atoms with Crippen LogP contribution in [0, 0.1) is 0 Å². The van der Waals surface area contributed by atoms with Crippen molar-refractivity contribution in [1.29, 1.82) is 0 Å². The van der Waals surface area contributed by atoms with Gasteiger partial charge in [0.15, 0.2) is 5.69 Å². The highest BCUT2D eigenvalue weighted by atomic mass is 15.1. The molecule has 0 aliphatic rings. The van der Waals surface area contributed by atoms with Gasteiger partial charge in [-0.3, -0.25) is 0 Å². The minimum atomic E-state index is 0.875. The van der Waals surface area contributed by atoms with Crippen molar-refractivity contribution in [3.8, 4) is 0 Å². The number of fused-ring (bicyclic) bond motifs is 1. The molecule has 0 spiro atoms. The van der Waals surface area contributed by atoms with Crippen LogP contribution in [0.1, 0.15) is 11.5 Å². The molecule has 4 nitrogen and oxygen atoms in total. The third-order valence-corrected chi connectivity index (χ3v) is 2.92. The summed E-state index contributed by atoms with van der Waals surface area (Å²) in [6.45, 7) is 0. The monoisotopic (exact) mass is 239 g/mol. The Morgan fingerprint density at radius 1 is 1.28 bits per heavy atom. The molecule has 3 rings (SSSR count). The molecule has 0 saturated heterocycles. The van der Waals surface area contributed by atoms with E-state index in [1.54, 1.807) is 0 Å². The Balaban J connectivity index is 1.94. The van der Waals surface area contributed by atoms with E-state index < -0.39 is 0 Å². The standard InChI is InChI=1S/C14H15N4/c1-17-9-11(18(2)10-17)7-8-14-15-12-5-3-4-6-13(12)16-14/h3-10H,1-2H3,(H,15,16)/q+1/b8-7+. The first-order chi connectivity index (χ1) is 8.72. The normalized spacial score (nSPS) is 11.7. The average molecular weight is 239 g/mol. The number of hydrogen-bond donors (Lipinski definition) is 1. The lowest BCUT2D eigenvalue weighted by Crippen LogP contribution is -2.23. The molecule has 2 heterocycles. The summed E-state index contributed by atoms with van der Waals surface area (Å²) >= 11 is 0. The van der Waals surface area contributed by atoms with Crippen LogP contribution in [0.15, 0.2) is 36.8 Å². The summed E-state index contributed by atoms with van der Waals surface area (Å²) in [5.41, 5.74) is 3.20. The Kier molecular flexibility index (Phi) is 2.48. The van der Waals surface area contributed by atoms with E-state index in [1.807, 2.05) is 55.3 Å². The number of aromatic amines is 1. The fourth-order valence-electron chi connectivity index (χ4n) is 2.05. The number of aromatic nitrogens is 4. The third kappa shape index (κ3) is 1.93. The molecular formula is C14H15N4+. The van der Waals surface area contributed by atoms with E-state index in [9.17, 15) is 0 Å². The van der Waals surface area contributed by atoms with E-state index >= 15 is 0 Å². The molecule has 0 saturated carbocycles. The SMILES string of the molecule is Cn1c[n+](C)cc1/C=C/c1nc2ccccc2[nH]1. The maximum absolute atomic E-state index is 4.51. The number of hydrogen-bond acceptors (Lipinski definition) is 1. The maximum atomic E-state index is 4.51. The van der Waals surface area contributed by atoms with Gasteiger partial charge in [-0.05, 0) is 24.3 Å². The summed E-state index contributed by atoms with van der Waals surface area (Å²) in [6, 6.07) is 8.03. The van der Waals surface area contributed by atoms with Gasteiger partial charge in [0.05, 0.1) is 25.1 Å². The van der Waals surface area contributed by atoms with E-state index in [4.69, 9.17) is 0 Å². The van der Waals surface area contributed by atoms with Crippen molar-refractivity contribution in [1.82, 2.24) is 14.5 Å². The van der Waals surface area contributed by atoms with Crippen molar-refractivity contribution >= 4 is 23.2 Å². The third-order valence-electron chi connectivity index (χ3n) is 2.92. The zero-order valence-corrected chi connectivity index (χ0v) is 10.5. The van der Waals surface area contributed by atoms with Crippen molar-refractivity contribution in [3.05, 3.63) is 48.3 Å². The molecule has 0 atom stereocenters. The van der Waals surface area contributed by atoms with Crippen LogP contribution < -0.4 is 4.57 Å². The fourth-order valence-corrected chi connectivity index (χ4v) is 2.05. The summed E-state index contributed by atoms with van der Waals surface area (Å²) in [4.78, 5) is 7.78. The molecule has 4 heteroatoms. The van der Waals surface area contributed by atoms with Gasteiger partial charge >= 0.3 is 0 Å². The molecule has 2 aromatic heterocycles. The molecule has 0 radical (unpaired) electrons. The summed E-state index contributed by atoms with van der Waals surface area (Å²) in [6.07, 6.45) is 8.14. The molecule has 0 aliphatic carbocycles. The highest BCUT2D eigenvalue weighted by Crippen LogP contribution is 2.12. The predicted molar refractivity (Wildman–Crippen MR) is 71.6 cm³/mol. The second-order valence-electron chi connectivity index (χ2n) is 4.42. The van der Waals surface area contributed by atoms with E-state index in [0.717, 1.165) is 22.6 Å². The van der Waals surface area contributed by atoms with Gasteiger partial charge in [-0.15, -0.1) is 0 Å². The van der Waals surface area contributed by atoms with Crippen molar-refractivity contribution in [3.63, 3.8) is 0 Å². The lowest BCUT2D eigenvalue weighted by molar-refractivity contribution is -0.671. The number of benzene rings is 1. The molecule has 1 aromatic carbocycles. The van der Waals surface area contributed by atoms with Gasteiger partial charge in [-0.25, -0.2) is 14.1 Å². The van der Waals surface area contributed by atoms with Crippen molar-refractivity contribution in [2.75, 3.05) is 0 Å². The van der Waals surface area contributed by atoms with Crippen LogP contribution in [0.25, 0.3) is 23.2 Å². The lowest BCUT2D eigenvalue weighted by Gasteiger charge is -1.85. The number of aryl methyl sites for hydroxylation is 2. The number of nitrogens with zero attached hydrogens (tertiary/aromatic N) is 3. The molecule has 0 fully saturated rings. The lowest BCUT2D eigenvalue weighted by atomic mass is 10.3. The van der Waals surface area contributed by atoms with Gasteiger partial charge < -0.3 is 4.98 Å². The van der Waals surface area contributed by atoms with Gasteiger partial charge in [-0.2, -0.15) is 0 Å². The molecule has 0 aliphatic heterocycles.